The monoisotopic (exact) mass is 406 g/mol. The maximum absolute atomic E-state index is 13.8. The number of carbonyl (C=O) groups is 3. The van der Waals surface area contributed by atoms with E-state index in [9.17, 15) is 19.5 Å². The first-order chi connectivity index (χ1) is 12.9. The second-order valence-corrected chi connectivity index (χ2v) is 9.03. The van der Waals surface area contributed by atoms with E-state index in [-0.39, 0.29) is 59.7 Å². The predicted molar refractivity (Wildman–Crippen MR) is 108 cm³/mol. The van der Waals surface area contributed by atoms with Crippen molar-refractivity contribution in [1.29, 1.82) is 0 Å². The third kappa shape index (κ3) is 3.58. The summed E-state index contributed by atoms with van der Waals surface area (Å²) in [5.41, 5.74) is -2.77. The summed E-state index contributed by atoms with van der Waals surface area (Å²) in [6, 6.07) is 0. The van der Waals surface area contributed by atoms with Crippen LogP contribution in [0.25, 0.3) is 0 Å². The van der Waals surface area contributed by atoms with E-state index >= 15 is 0 Å². The first kappa shape index (κ1) is 25.8. The Morgan fingerprint density at radius 2 is 1.69 bits per heavy atom. The molecule has 29 heavy (non-hydrogen) atoms. The average molecular weight is 406 g/mol. The summed E-state index contributed by atoms with van der Waals surface area (Å²) in [5, 5.41) is 13.4. The van der Waals surface area contributed by atoms with Crippen molar-refractivity contribution in [3.63, 3.8) is 0 Å². The Hall–Kier alpha value is -1.23. The molecule has 0 saturated heterocycles. The van der Waals surface area contributed by atoms with Gasteiger partial charge in [-0.2, -0.15) is 0 Å². The third-order valence-corrected chi connectivity index (χ3v) is 6.92. The fraction of sp³-hybridized carbons (Fsp3) is 0.542. The molecule has 0 aromatic heterocycles. The molecule has 0 aromatic rings. The summed E-state index contributed by atoms with van der Waals surface area (Å²) in [6.07, 6.45) is 6.44. The Morgan fingerprint density at radius 1 is 1.14 bits per heavy atom. The van der Waals surface area contributed by atoms with E-state index in [0.29, 0.717) is 12.8 Å². The van der Waals surface area contributed by atoms with E-state index in [1.807, 2.05) is 27.7 Å². The van der Waals surface area contributed by atoms with Gasteiger partial charge >= 0.3 is 29.6 Å². The first-order valence-corrected chi connectivity index (χ1v) is 9.81. The van der Waals surface area contributed by atoms with Gasteiger partial charge in [-0.3, -0.25) is 14.4 Å². The van der Waals surface area contributed by atoms with E-state index in [2.05, 4.69) is 19.2 Å². The van der Waals surface area contributed by atoms with Gasteiger partial charge in [0.05, 0.1) is 5.57 Å². The second-order valence-electron chi connectivity index (χ2n) is 9.03. The van der Waals surface area contributed by atoms with E-state index in [1.54, 1.807) is 12.2 Å². The van der Waals surface area contributed by atoms with Crippen LogP contribution in [0.4, 0.5) is 0 Å². The summed E-state index contributed by atoms with van der Waals surface area (Å²) in [6.45, 7) is 16.6. The Morgan fingerprint density at radius 3 is 2.14 bits per heavy atom. The molecular formula is C24H31NaO4. The van der Waals surface area contributed by atoms with E-state index in [0.717, 1.165) is 5.57 Å². The molecule has 3 atom stereocenters. The molecule has 5 heteroatoms. The molecule has 2 rings (SSSR count). The normalized spacial score (nSPS) is 30.3. The molecule has 0 heterocycles. The number of hydrogen-bond acceptors (Lipinski definition) is 4. The topological polar surface area (TPSA) is 74.3 Å². The predicted octanol–water partition coefficient (Wildman–Crippen LogP) is 0.873. The van der Waals surface area contributed by atoms with Gasteiger partial charge in [-0.25, -0.2) is 0 Å². The average Bonchev–Trinajstić information content (AvgIpc) is 2.58. The van der Waals surface area contributed by atoms with Crippen molar-refractivity contribution in [3.8, 4) is 0 Å². The van der Waals surface area contributed by atoms with Crippen LogP contribution >= 0.6 is 0 Å². The molecule has 1 fully saturated rings. The molecule has 4 nitrogen and oxygen atoms in total. The van der Waals surface area contributed by atoms with Crippen LogP contribution in [0.1, 0.15) is 60.3 Å². The van der Waals surface area contributed by atoms with Crippen LogP contribution in [0, 0.1) is 22.2 Å². The molecule has 0 radical (unpaired) electrons. The molecule has 2 bridgehead atoms. The second kappa shape index (κ2) is 8.87. The smallest absolute Gasteiger partial charge is 0.874 e. The SMILES string of the molecule is C=CC[C@@]12C[C@H](CC=C(C)C)C(C)(C)[C@@](CC=C)(C(=O)C(C(C)=O)=C1[O-])C2=O.[Na+]. The van der Waals surface area contributed by atoms with Gasteiger partial charge in [-0.15, -0.1) is 18.9 Å². The number of allylic oxidation sites excluding steroid dienone is 6. The zero-order valence-electron chi connectivity index (χ0n) is 18.7. The van der Waals surface area contributed by atoms with Crippen molar-refractivity contribution in [3.05, 3.63) is 48.3 Å². The summed E-state index contributed by atoms with van der Waals surface area (Å²) in [5.74, 6) is -2.24. The van der Waals surface area contributed by atoms with Crippen LogP contribution in [-0.2, 0) is 14.4 Å². The summed E-state index contributed by atoms with van der Waals surface area (Å²) >= 11 is 0. The Kier molecular flexibility index (Phi) is 7.89. The van der Waals surface area contributed by atoms with Crippen LogP contribution in [0.15, 0.2) is 48.3 Å². The standard InChI is InChI=1S/C24H32O4.Na/c1-8-12-23-14-17(11-10-15(3)4)22(6,7)24(13-9-2,21(23)28)20(27)18(16(5)25)19(23)26;/h8-10,17,26H,1-2,11-14H2,3-7H3;/q;+1/p-1/t17-,23+,24-;/m0./s1. The molecule has 0 aliphatic heterocycles. The van der Waals surface area contributed by atoms with Gasteiger partial charge in [0.2, 0.25) is 0 Å². The minimum Gasteiger partial charge on any atom is -0.874 e. The van der Waals surface area contributed by atoms with E-state index in [4.69, 9.17) is 0 Å². The van der Waals surface area contributed by atoms with Gasteiger partial charge in [-0.05, 0) is 57.8 Å². The molecule has 0 N–H and O–H groups in total. The Bertz CT molecular complexity index is 813. The number of Topliss-reactive ketones (excluding diaryl/α,β-unsaturated/α-hetero) is 3. The molecular weight excluding hydrogens is 375 g/mol. The molecule has 2 aliphatic rings. The van der Waals surface area contributed by atoms with Crippen molar-refractivity contribution in [2.45, 2.75) is 60.3 Å². The van der Waals surface area contributed by atoms with Crippen LogP contribution in [0.5, 0.6) is 0 Å². The van der Waals surface area contributed by atoms with Crippen molar-refractivity contribution in [2.75, 3.05) is 0 Å². The van der Waals surface area contributed by atoms with Gasteiger partial charge in [-0.1, -0.05) is 37.6 Å². The van der Waals surface area contributed by atoms with Crippen molar-refractivity contribution < 1.29 is 49.0 Å². The van der Waals surface area contributed by atoms with E-state index in [1.165, 1.54) is 6.92 Å². The zero-order valence-corrected chi connectivity index (χ0v) is 20.7. The molecule has 0 unspecified atom stereocenters. The molecule has 0 spiro atoms. The van der Waals surface area contributed by atoms with E-state index < -0.39 is 33.6 Å². The molecule has 0 amide bonds. The van der Waals surface area contributed by atoms with Gasteiger partial charge in [0.1, 0.15) is 5.41 Å². The molecule has 152 valence electrons. The van der Waals surface area contributed by atoms with Crippen LogP contribution < -0.4 is 34.7 Å². The van der Waals surface area contributed by atoms with Gasteiger partial charge < -0.3 is 5.11 Å². The number of rotatable bonds is 7. The molecule has 0 aromatic carbocycles. The maximum atomic E-state index is 13.8. The quantitative estimate of drug-likeness (QED) is 0.272. The van der Waals surface area contributed by atoms with Crippen molar-refractivity contribution in [1.82, 2.24) is 0 Å². The van der Waals surface area contributed by atoms with Gasteiger partial charge in [0.25, 0.3) is 0 Å². The number of carbonyl (C=O) groups excluding carboxylic acids is 3. The number of hydrogen-bond donors (Lipinski definition) is 0. The third-order valence-electron chi connectivity index (χ3n) is 6.92. The Balaban J connectivity index is 0.00000420. The summed E-state index contributed by atoms with van der Waals surface area (Å²) in [7, 11) is 0. The maximum Gasteiger partial charge on any atom is 1.00 e. The zero-order chi connectivity index (χ0) is 21.5. The fourth-order valence-corrected chi connectivity index (χ4v) is 5.22. The van der Waals surface area contributed by atoms with Crippen molar-refractivity contribution in [2.24, 2.45) is 22.2 Å². The Labute approximate surface area is 196 Å². The summed E-state index contributed by atoms with van der Waals surface area (Å²) in [4.78, 5) is 39.7. The van der Waals surface area contributed by atoms with Gasteiger partial charge in [0, 0.05) is 5.41 Å². The van der Waals surface area contributed by atoms with Crippen LogP contribution in [0.2, 0.25) is 0 Å². The fourth-order valence-electron chi connectivity index (χ4n) is 5.22. The minimum absolute atomic E-state index is 0. The van der Waals surface area contributed by atoms with Gasteiger partial charge in [0.15, 0.2) is 17.3 Å². The van der Waals surface area contributed by atoms with Crippen molar-refractivity contribution >= 4 is 17.3 Å². The summed E-state index contributed by atoms with van der Waals surface area (Å²) < 4.78 is 0. The molecule has 1 saturated carbocycles. The number of ketones is 3. The minimum atomic E-state index is -1.45. The first-order valence-electron chi connectivity index (χ1n) is 9.81. The van der Waals surface area contributed by atoms with Crippen LogP contribution in [-0.4, -0.2) is 17.3 Å². The largest absolute Gasteiger partial charge is 1.00 e. The molecule has 2 aliphatic carbocycles. The number of fused-ring (bicyclic) bond motifs is 2. The van der Waals surface area contributed by atoms with Crippen LogP contribution in [0.3, 0.4) is 0 Å².